The Hall–Kier alpha value is -1.38. The molecule has 1 fully saturated rings. The zero-order valence-electron chi connectivity index (χ0n) is 8.95. The van der Waals surface area contributed by atoms with Crippen LogP contribution in [0.5, 0.6) is 5.75 Å². The van der Waals surface area contributed by atoms with Crippen molar-refractivity contribution in [3.63, 3.8) is 0 Å². The van der Waals surface area contributed by atoms with Crippen molar-refractivity contribution in [2.24, 2.45) is 0 Å². The molecule has 15 heavy (non-hydrogen) atoms. The lowest BCUT2D eigenvalue weighted by Crippen LogP contribution is -2.46. The average molecular weight is 204 g/mol. The fourth-order valence-corrected chi connectivity index (χ4v) is 2.63. The summed E-state index contributed by atoms with van der Waals surface area (Å²) in [5.74, 6) is 0.396. The fraction of sp³-hybridized carbons (Fsp3) is 0.500. The Bertz CT molecular complexity index is 399. The normalized spacial score (nSPS) is 21.0. The Morgan fingerprint density at radius 2 is 2.27 bits per heavy atom. The molecule has 1 saturated carbocycles. The van der Waals surface area contributed by atoms with Crippen LogP contribution in [-0.4, -0.2) is 23.7 Å². The van der Waals surface area contributed by atoms with E-state index in [1.165, 1.54) is 12.8 Å². The molecule has 0 saturated heterocycles. The Balaban J connectivity index is 2.12. The SMILES string of the molecule is CCN1c2c(O)cccc2NCC12CC2. The quantitative estimate of drug-likeness (QED) is 0.736. The molecule has 3 rings (SSSR count). The second kappa shape index (κ2) is 2.81. The molecule has 1 spiro atoms. The second-order valence-electron chi connectivity index (χ2n) is 4.50. The van der Waals surface area contributed by atoms with E-state index in [-0.39, 0.29) is 0 Å². The van der Waals surface area contributed by atoms with E-state index in [9.17, 15) is 5.11 Å². The molecule has 0 bridgehead atoms. The molecule has 80 valence electrons. The predicted octanol–water partition coefficient (Wildman–Crippen LogP) is 2.18. The predicted molar refractivity (Wildman–Crippen MR) is 61.6 cm³/mol. The van der Waals surface area contributed by atoms with E-state index in [1.807, 2.05) is 12.1 Å². The van der Waals surface area contributed by atoms with Crippen molar-refractivity contribution in [2.75, 3.05) is 23.3 Å². The van der Waals surface area contributed by atoms with E-state index < -0.39 is 0 Å². The smallest absolute Gasteiger partial charge is 0.141 e. The highest BCUT2D eigenvalue weighted by molar-refractivity contribution is 5.80. The number of hydrogen-bond donors (Lipinski definition) is 2. The number of nitrogens with one attached hydrogen (secondary N) is 1. The Labute approximate surface area is 89.7 Å². The van der Waals surface area contributed by atoms with E-state index in [4.69, 9.17) is 0 Å². The molecular formula is C12H16N2O. The number of likely N-dealkylation sites (N-methyl/N-ethyl adjacent to an activating group) is 1. The number of phenolic OH excluding ortho intramolecular Hbond substituents is 1. The third-order valence-corrected chi connectivity index (χ3v) is 3.61. The molecule has 1 aliphatic carbocycles. The molecule has 1 aliphatic heterocycles. The van der Waals surface area contributed by atoms with Gasteiger partial charge in [-0.25, -0.2) is 0 Å². The summed E-state index contributed by atoms with van der Waals surface area (Å²) in [6, 6.07) is 5.69. The highest BCUT2D eigenvalue weighted by Gasteiger charge is 2.50. The van der Waals surface area contributed by atoms with Gasteiger partial charge >= 0.3 is 0 Å². The van der Waals surface area contributed by atoms with E-state index >= 15 is 0 Å². The first-order valence-electron chi connectivity index (χ1n) is 5.60. The summed E-state index contributed by atoms with van der Waals surface area (Å²) < 4.78 is 0. The van der Waals surface area contributed by atoms with Crippen molar-refractivity contribution < 1.29 is 5.11 Å². The van der Waals surface area contributed by atoms with Gasteiger partial charge in [-0.2, -0.15) is 0 Å². The molecule has 1 aromatic carbocycles. The first kappa shape index (κ1) is 8.89. The van der Waals surface area contributed by atoms with Gasteiger partial charge in [-0.1, -0.05) is 6.07 Å². The van der Waals surface area contributed by atoms with E-state index in [0.29, 0.717) is 11.3 Å². The van der Waals surface area contributed by atoms with Crippen molar-refractivity contribution in [3.8, 4) is 5.75 Å². The average Bonchev–Trinajstić information content (AvgIpc) is 3.00. The standard InChI is InChI=1S/C12H16N2O/c1-2-14-11-9(4-3-5-10(11)15)13-8-12(14)6-7-12/h3-5,13,15H,2,6-8H2,1H3. The lowest BCUT2D eigenvalue weighted by molar-refractivity contribution is 0.467. The molecular weight excluding hydrogens is 188 g/mol. The molecule has 0 amide bonds. The van der Waals surface area contributed by atoms with Crippen LogP contribution in [0.25, 0.3) is 0 Å². The molecule has 0 atom stereocenters. The van der Waals surface area contributed by atoms with Gasteiger partial charge in [0.2, 0.25) is 0 Å². The summed E-state index contributed by atoms with van der Waals surface area (Å²) in [4.78, 5) is 2.36. The minimum atomic E-state index is 0.292. The fourth-order valence-electron chi connectivity index (χ4n) is 2.63. The van der Waals surface area contributed by atoms with Crippen LogP contribution in [0.15, 0.2) is 18.2 Å². The van der Waals surface area contributed by atoms with Crippen molar-refractivity contribution in [1.29, 1.82) is 0 Å². The zero-order valence-corrected chi connectivity index (χ0v) is 8.95. The lowest BCUT2D eigenvalue weighted by atomic mass is 10.1. The van der Waals surface area contributed by atoms with Crippen LogP contribution in [-0.2, 0) is 0 Å². The Morgan fingerprint density at radius 1 is 1.47 bits per heavy atom. The third-order valence-electron chi connectivity index (χ3n) is 3.61. The second-order valence-corrected chi connectivity index (χ2v) is 4.50. The molecule has 3 nitrogen and oxygen atoms in total. The number of para-hydroxylation sites is 1. The van der Waals surface area contributed by atoms with Crippen LogP contribution in [0.3, 0.4) is 0 Å². The number of aromatic hydroxyl groups is 1. The van der Waals surface area contributed by atoms with Gasteiger partial charge in [-0.15, -0.1) is 0 Å². The maximum Gasteiger partial charge on any atom is 0.141 e. The van der Waals surface area contributed by atoms with E-state index in [1.54, 1.807) is 6.07 Å². The number of nitrogens with zero attached hydrogens (tertiary/aromatic N) is 1. The Morgan fingerprint density at radius 3 is 2.93 bits per heavy atom. The van der Waals surface area contributed by atoms with Crippen LogP contribution in [0, 0.1) is 0 Å². The third kappa shape index (κ3) is 1.12. The van der Waals surface area contributed by atoms with E-state index in [0.717, 1.165) is 24.5 Å². The van der Waals surface area contributed by atoms with Gasteiger partial charge < -0.3 is 15.3 Å². The molecule has 3 heteroatoms. The number of benzene rings is 1. The molecule has 2 N–H and O–H groups in total. The van der Waals surface area contributed by atoms with Crippen LogP contribution in [0.4, 0.5) is 11.4 Å². The van der Waals surface area contributed by atoms with E-state index in [2.05, 4.69) is 17.1 Å². The van der Waals surface area contributed by atoms with Crippen molar-refractivity contribution >= 4 is 11.4 Å². The summed E-state index contributed by atoms with van der Waals surface area (Å²) in [5, 5.41) is 13.4. The zero-order chi connectivity index (χ0) is 10.5. The van der Waals surface area contributed by atoms with Crippen LogP contribution in [0.2, 0.25) is 0 Å². The number of hydrogen-bond acceptors (Lipinski definition) is 3. The van der Waals surface area contributed by atoms with Gasteiger partial charge in [0.25, 0.3) is 0 Å². The van der Waals surface area contributed by atoms with Gasteiger partial charge in [-0.3, -0.25) is 0 Å². The molecule has 1 heterocycles. The maximum atomic E-state index is 9.94. The summed E-state index contributed by atoms with van der Waals surface area (Å²) >= 11 is 0. The number of fused-ring (bicyclic) bond motifs is 1. The summed E-state index contributed by atoms with van der Waals surface area (Å²) in [6.45, 7) is 4.13. The minimum absolute atomic E-state index is 0.292. The van der Waals surface area contributed by atoms with Gasteiger partial charge in [0.15, 0.2) is 0 Å². The molecule has 0 unspecified atom stereocenters. The summed E-state index contributed by atoms with van der Waals surface area (Å²) in [7, 11) is 0. The molecule has 0 radical (unpaired) electrons. The number of phenols is 1. The van der Waals surface area contributed by atoms with Gasteiger partial charge in [0, 0.05) is 13.1 Å². The highest BCUT2D eigenvalue weighted by atomic mass is 16.3. The van der Waals surface area contributed by atoms with Crippen LogP contribution < -0.4 is 10.2 Å². The van der Waals surface area contributed by atoms with Crippen molar-refractivity contribution in [2.45, 2.75) is 25.3 Å². The topological polar surface area (TPSA) is 35.5 Å². The number of anilines is 2. The minimum Gasteiger partial charge on any atom is -0.506 e. The number of rotatable bonds is 1. The van der Waals surface area contributed by atoms with Gasteiger partial charge in [0.1, 0.15) is 11.4 Å². The van der Waals surface area contributed by atoms with Crippen LogP contribution >= 0.6 is 0 Å². The summed E-state index contributed by atoms with van der Waals surface area (Å²) in [6.07, 6.45) is 2.48. The van der Waals surface area contributed by atoms with Gasteiger partial charge in [-0.05, 0) is 31.9 Å². The first-order chi connectivity index (χ1) is 7.27. The largest absolute Gasteiger partial charge is 0.506 e. The lowest BCUT2D eigenvalue weighted by Gasteiger charge is -2.39. The van der Waals surface area contributed by atoms with Gasteiger partial charge in [0.05, 0.1) is 11.2 Å². The summed E-state index contributed by atoms with van der Waals surface area (Å²) in [5.41, 5.74) is 2.35. The molecule has 2 aliphatic rings. The first-order valence-corrected chi connectivity index (χ1v) is 5.60. The van der Waals surface area contributed by atoms with Crippen molar-refractivity contribution in [3.05, 3.63) is 18.2 Å². The maximum absolute atomic E-state index is 9.94. The molecule has 0 aromatic heterocycles. The van der Waals surface area contributed by atoms with Crippen molar-refractivity contribution in [1.82, 2.24) is 0 Å². The van der Waals surface area contributed by atoms with Crippen LogP contribution in [0.1, 0.15) is 19.8 Å². The monoisotopic (exact) mass is 204 g/mol. The molecule has 1 aromatic rings. The Kier molecular flexibility index (Phi) is 1.67. The highest BCUT2D eigenvalue weighted by Crippen LogP contribution is 2.51.